The number of amides is 2. The third-order valence-corrected chi connectivity index (χ3v) is 2.18. The molecule has 0 fully saturated rings. The molecule has 0 aliphatic rings. The first-order valence-electron chi connectivity index (χ1n) is 4.13. The first kappa shape index (κ1) is 11.4. The molecule has 82 valence electrons. The molecule has 0 radical (unpaired) electrons. The van der Waals surface area contributed by atoms with Gasteiger partial charge in [0, 0.05) is 6.54 Å². The average Bonchev–Trinajstić information content (AvgIpc) is 2.66. The normalized spacial score (nSPS) is 11.8. The monoisotopic (exact) mass is 230 g/mol. The van der Waals surface area contributed by atoms with Crippen molar-refractivity contribution in [2.45, 2.75) is 6.92 Å². The molecular formula is C7H10N4O3S. The SMILES string of the molecule is CC(CNC(=O)Nc1nncs1)C(=O)O. The van der Waals surface area contributed by atoms with Gasteiger partial charge in [-0.25, -0.2) is 4.79 Å². The standard InChI is InChI=1S/C7H10N4O3S/c1-4(5(12)13)2-8-6(14)10-7-11-9-3-15-7/h3-4H,2H2,1H3,(H,12,13)(H2,8,10,11,14). The van der Waals surface area contributed by atoms with Gasteiger partial charge in [0.15, 0.2) is 0 Å². The molecule has 15 heavy (non-hydrogen) atoms. The third-order valence-electron chi connectivity index (χ3n) is 1.57. The largest absolute Gasteiger partial charge is 0.481 e. The lowest BCUT2D eigenvalue weighted by molar-refractivity contribution is -0.140. The van der Waals surface area contributed by atoms with Crippen LogP contribution in [0.1, 0.15) is 6.92 Å². The van der Waals surface area contributed by atoms with E-state index in [1.165, 1.54) is 23.8 Å². The van der Waals surface area contributed by atoms with Crippen LogP contribution in [-0.4, -0.2) is 33.8 Å². The molecule has 1 aromatic rings. The molecule has 3 N–H and O–H groups in total. The van der Waals surface area contributed by atoms with E-state index in [0.29, 0.717) is 5.13 Å². The smallest absolute Gasteiger partial charge is 0.321 e. The van der Waals surface area contributed by atoms with Crippen molar-refractivity contribution in [2.24, 2.45) is 5.92 Å². The Bertz CT molecular complexity index is 340. The Morgan fingerprint density at radius 2 is 2.40 bits per heavy atom. The predicted octanol–water partition coefficient (Wildman–Crippen LogP) is 0.380. The van der Waals surface area contributed by atoms with Gasteiger partial charge in [-0.2, -0.15) is 0 Å². The first-order valence-corrected chi connectivity index (χ1v) is 5.01. The van der Waals surface area contributed by atoms with Crippen molar-refractivity contribution in [1.82, 2.24) is 15.5 Å². The van der Waals surface area contributed by atoms with Crippen LogP contribution in [0.4, 0.5) is 9.93 Å². The minimum absolute atomic E-state index is 0.0694. The minimum Gasteiger partial charge on any atom is -0.481 e. The van der Waals surface area contributed by atoms with E-state index >= 15 is 0 Å². The van der Waals surface area contributed by atoms with E-state index < -0.39 is 17.9 Å². The number of carbonyl (C=O) groups excluding carboxylic acids is 1. The summed E-state index contributed by atoms with van der Waals surface area (Å²) in [6.45, 7) is 1.58. The molecule has 0 aromatic carbocycles. The Morgan fingerprint density at radius 1 is 1.67 bits per heavy atom. The molecule has 7 nitrogen and oxygen atoms in total. The fraction of sp³-hybridized carbons (Fsp3) is 0.429. The maximum atomic E-state index is 11.2. The number of nitrogens with zero attached hydrogens (tertiary/aromatic N) is 2. The second kappa shape index (κ2) is 5.25. The molecule has 1 atom stereocenters. The Balaban J connectivity index is 2.28. The number of aromatic nitrogens is 2. The average molecular weight is 230 g/mol. The molecule has 2 amide bonds. The number of hydrogen-bond acceptors (Lipinski definition) is 5. The number of anilines is 1. The van der Waals surface area contributed by atoms with E-state index in [4.69, 9.17) is 5.11 Å². The van der Waals surface area contributed by atoms with E-state index in [-0.39, 0.29) is 6.54 Å². The van der Waals surface area contributed by atoms with E-state index in [1.807, 2.05) is 0 Å². The quantitative estimate of drug-likeness (QED) is 0.693. The second-order valence-corrected chi connectivity index (χ2v) is 3.65. The maximum absolute atomic E-state index is 11.2. The number of nitrogens with one attached hydrogen (secondary N) is 2. The molecule has 1 unspecified atom stereocenters. The van der Waals surface area contributed by atoms with Gasteiger partial charge in [0.2, 0.25) is 5.13 Å². The third kappa shape index (κ3) is 3.90. The summed E-state index contributed by atoms with van der Waals surface area (Å²) in [5.74, 6) is -1.57. The van der Waals surface area contributed by atoms with Gasteiger partial charge in [-0.3, -0.25) is 10.1 Å². The van der Waals surface area contributed by atoms with Crippen molar-refractivity contribution in [1.29, 1.82) is 0 Å². The van der Waals surface area contributed by atoms with Crippen LogP contribution < -0.4 is 10.6 Å². The van der Waals surface area contributed by atoms with Gasteiger partial charge in [-0.15, -0.1) is 10.2 Å². The Morgan fingerprint density at radius 3 is 2.93 bits per heavy atom. The van der Waals surface area contributed by atoms with Crippen LogP contribution in [0.25, 0.3) is 0 Å². The van der Waals surface area contributed by atoms with Crippen LogP contribution >= 0.6 is 11.3 Å². The summed E-state index contributed by atoms with van der Waals surface area (Å²) in [5.41, 5.74) is 1.48. The van der Waals surface area contributed by atoms with Gasteiger partial charge in [-0.1, -0.05) is 18.3 Å². The Kier molecular flexibility index (Phi) is 3.98. The van der Waals surface area contributed by atoms with Crippen molar-refractivity contribution < 1.29 is 14.7 Å². The van der Waals surface area contributed by atoms with Crippen molar-refractivity contribution in [3.8, 4) is 0 Å². The van der Waals surface area contributed by atoms with E-state index in [9.17, 15) is 9.59 Å². The van der Waals surface area contributed by atoms with Gasteiger partial charge < -0.3 is 10.4 Å². The molecule has 0 saturated heterocycles. The summed E-state index contributed by atoms with van der Waals surface area (Å²) in [7, 11) is 0. The van der Waals surface area contributed by atoms with Gasteiger partial charge >= 0.3 is 12.0 Å². The lowest BCUT2D eigenvalue weighted by Gasteiger charge is -2.07. The molecule has 0 spiro atoms. The van der Waals surface area contributed by atoms with E-state index in [2.05, 4.69) is 20.8 Å². The van der Waals surface area contributed by atoms with Crippen LogP contribution in [0, 0.1) is 5.92 Å². The van der Waals surface area contributed by atoms with Crippen LogP contribution in [-0.2, 0) is 4.79 Å². The predicted molar refractivity (Wildman–Crippen MR) is 53.7 cm³/mol. The zero-order valence-corrected chi connectivity index (χ0v) is 8.74. The highest BCUT2D eigenvalue weighted by Gasteiger charge is 2.12. The molecule has 1 rings (SSSR count). The molecular weight excluding hydrogens is 220 g/mol. The molecule has 0 saturated carbocycles. The number of carboxylic acid groups (broad SMARTS) is 1. The number of rotatable bonds is 4. The Labute approximate surface area is 89.5 Å². The zero-order valence-electron chi connectivity index (χ0n) is 7.93. The highest BCUT2D eigenvalue weighted by molar-refractivity contribution is 7.13. The summed E-state index contributed by atoms with van der Waals surface area (Å²) in [6, 6.07) is -0.486. The lowest BCUT2D eigenvalue weighted by Crippen LogP contribution is -2.34. The highest BCUT2D eigenvalue weighted by atomic mass is 32.1. The number of hydrogen-bond donors (Lipinski definition) is 3. The van der Waals surface area contributed by atoms with Crippen LogP contribution in [0.2, 0.25) is 0 Å². The summed E-state index contributed by atoms with van der Waals surface area (Å²) in [6.07, 6.45) is 0. The van der Waals surface area contributed by atoms with Crippen molar-refractivity contribution in [3.05, 3.63) is 5.51 Å². The summed E-state index contributed by atoms with van der Waals surface area (Å²) >= 11 is 1.18. The number of aliphatic carboxylic acids is 1. The zero-order chi connectivity index (χ0) is 11.3. The van der Waals surface area contributed by atoms with Crippen LogP contribution in [0.3, 0.4) is 0 Å². The molecule has 0 aliphatic carbocycles. The van der Waals surface area contributed by atoms with Crippen molar-refractivity contribution in [3.63, 3.8) is 0 Å². The minimum atomic E-state index is -0.953. The fourth-order valence-electron chi connectivity index (χ4n) is 0.702. The van der Waals surface area contributed by atoms with Gasteiger partial charge in [0.1, 0.15) is 5.51 Å². The number of carbonyl (C=O) groups is 2. The summed E-state index contributed by atoms with van der Waals surface area (Å²) < 4.78 is 0. The van der Waals surface area contributed by atoms with Crippen molar-refractivity contribution >= 4 is 28.5 Å². The van der Waals surface area contributed by atoms with E-state index in [1.54, 1.807) is 0 Å². The maximum Gasteiger partial charge on any atom is 0.321 e. The molecule has 1 aromatic heterocycles. The molecule has 0 aliphatic heterocycles. The number of carboxylic acids is 1. The molecule has 8 heteroatoms. The van der Waals surface area contributed by atoms with E-state index in [0.717, 1.165) is 0 Å². The summed E-state index contributed by atoms with van der Waals surface area (Å²) in [5, 5.41) is 20.9. The van der Waals surface area contributed by atoms with Gasteiger partial charge in [-0.05, 0) is 0 Å². The first-order chi connectivity index (χ1) is 7.09. The van der Waals surface area contributed by atoms with Crippen LogP contribution in [0.15, 0.2) is 5.51 Å². The highest BCUT2D eigenvalue weighted by Crippen LogP contribution is 2.06. The summed E-state index contributed by atoms with van der Waals surface area (Å²) in [4.78, 5) is 21.6. The lowest BCUT2D eigenvalue weighted by atomic mass is 10.2. The van der Waals surface area contributed by atoms with Gasteiger partial charge in [0.25, 0.3) is 0 Å². The van der Waals surface area contributed by atoms with Gasteiger partial charge in [0.05, 0.1) is 5.92 Å². The van der Waals surface area contributed by atoms with Crippen LogP contribution in [0.5, 0.6) is 0 Å². The second-order valence-electron chi connectivity index (χ2n) is 2.82. The van der Waals surface area contributed by atoms with Crippen molar-refractivity contribution in [2.75, 3.05) is 11.9 Å². The molecule has 1 heterocycles. The Hall–Kier alpha value is -1.70. The fourth-order valence-corrected chi connectivity index (χ4v) is 1.14. The number of urea groups is 1. The molecule has 0 bridgehead atoms. The topological polar surface area (TPSA) is 104 Å².